The van der Waals surface area contributed by atoms with Crippen LogP contribution in [-0.2, 0) is 4.79 Å². The number of amides is 1. The predicted octanol–water partition coefficient (Wildman–Crippen LogP) is 2.55. The lowest BCUT2D eigenvalue weighted by Crippen LogP contribution is -2.52. The molecule has 0 bridgehead atoms. The van der Waals surface area contributed by atoms with Crippen molar-refractivity contribution in [1.29, 1.82) is 0 Å². The fourth-order valence-electron chi connectivity index (χ4n) is 4.58. The number of rotatable bonds is 6. The molecule has 7 heteroatoms. The van der Waals surface area contributed by atoms with Gasteiger partial charge in [0.15, 0.2) is 0 Å². The van der Waals surface area contributed by atoms with E-state index in [-0.39, 0.29) is 0 Å². The summed E-state index contributed by atoms with van der Waals surface area (Å²) in [7, 11) is 1.96. The van der Waals surface area contributed by atoms with Crippen LogP contribution in [0.1, 0.15) is 32.1 Å². The topological polar surface area (TPSA) is 61.8 Å². The molecule has 5 rings (SSSR count). The van der Waals surface area contributed by atoms with Crippen LogP contribution in [0, 0.1) is 5.92 Å². The first kappa shape index (κ1) is 19.5. The van der Waals surface area contributed by atoms with Crippen molar-refractivity contribution in [3.63, 3.8) is 0 Å². The number of anilines is 1. The summed E-state index contributed by atoms with van der Waals surface area (Å²) >= 11 is 0. The van der Waals surface area contributed by atoms with Crippen molar-refractivity contribution in [2.75, 3.05) is 51.3 Å². The van der Waals surface area contributed by atoms with Gasteiger partial charge in [-0.15, -0.1) is 0 Å². The second kappa shape index (κ2) is 8.38. The van der Waals surface area contributed by atoms with Crippen LogP contribution in [0.5, 0.6) is 5.88 Å². The molecule has 0 spiro atoms. The lowest BCUT2D eigenvalue weighted by atomic mass is 10.0. The Morgan fingerprint density at radius 3 is 2.73 bits per heavy atom. The molecule has 1 unspecified atom stereocenters. The number of nitrogens with zero attached hydrogens (tertiary/aromatic N) is 5. The average molecular weight is 410 g/mol. The third-order valence-corrected chi connectivity index (χ3v) is 6.81. The Hall–Kier alpha value is -2.41. The minimum atomic E-state index is 0.294. The number of ether oxygens (including phenoxy) is 1. The number of hydrogen-bond donors (Lipinski definition) is 0. The first-order valence-electron chi connectivity index (χ1n) is 11.3. The second-order valence-electron chi connectivity index (χ2n) is 8.97. The highest BCUT2D eigenvalue weighted by Crippen LogP contribution is 2.32. The van der Waals surface area contributed by atoms with Crippen molar-refractivity contribution in [3.05, 3.63) is 24.5 Å². The molecule has 7 nitrogen and oxygen atoms in total. The van der Waals surface area contributed by atoms with Gasteiger partial charge in [-0.25, -0.2) is 9.97 Å². The van der Waals surface area contributed by atoms with Crippen LogP contribution < -0.4 is 9.64 Å². The highest BCUT2D eigenvalue weighted by molar-refractivity contribution is 5.86. The summed E-state index contributed by atoms with van der Waals surface area (Å²) in [5.74, 6) is 1.70. The summed E-state index contributed by atoms with van der Waals surface area (Å²) < 4.78 is 6.00. The van der Waals surface area contributed by atoms with E-state index >= 15 is 0 Å². The van der Waals surface area contributed by atoms with Crippen LogP contribution in [0.3, 0.4) is 0 Å². The first-order valence-corrected chi connectivity index (χ1v) is 11.3. The van der Waals surface area contributed by atoms with E-state index in [1.165, 1.54) is 18.5 Å². The monoisotopic (exact) mass is 409 g/mol. The van der Waals surface area contributed by atoms with Gasteiger partial charge in [-0.05, 0) is 49.8 Å². The van der Waals surface area contributed by atoms with Gasteiger partial charge in [0, 0.05) is 57.9 Å². The van der Waals surface area contributed by atoms with E-state index in [0.29, 0.717) is 30.2 Å². The van der Waals surface area contributed by atoms with Crippen LogP contribution in [0.4, 0.5) is 5.69 Å². The van der Waals surface area contributed by atoms with Gasteiger partial charge in [0.1, 0.15) is 6.33 Å². The van der Waals surface area contributed by atoms with Crippen molar-refractivity contribution >= 4 is 22.5 Å². The fraction of sp³-hybridized carbons (Fsp3) is 0.609. The van der Waals surface area contributed by atoms with Gasteiger partial charge in [0.05, 0.1) is 17.5 Å². The van der Waals surface area contributed by atoms with Crippen molar-refractivity contribution in [2.45, 2.75) is 38.1 Å². The van der Waals surface area contributed by atoms with Gasteiger partial charge >= 0.3 is 0 Å². The number of hydrogen-bond acceptors (Lipinski definition) is 6. The van der Waals surface area contributed by atoms with Gasteiger partial charge in [-0.1, -0.05) is 0 Å². The molecule has 1 aliphatic carbocycles. The molecule has 1 atom stereocenters. The Labute approximate surface area is 178 Å². The molecule has 3 aliphatic rings. The average Bonchev–Trinajstić information content (AvgIpc) is 3.60. The van der Waals surface area contributed by atoms with E-state index in [1.54, 1.807) is 6.33 Å². The first-order chi connectivity index (χ1) is 14.7. The lowest BCUT2D eigenvalue weighted by Gasteiger charge is -2.40. The number of piperidine rings is 1. The molecule has 1 amide bonds. The van der Waals surface area contributed by atoms with Gasteiger partial charge in [-0.2, -0.15) is 0 Å². The number of likely N-dealkylation sites (N-methyl/N-ethyl adjacent to an activating group) is 1. The van der Waals surface area contributed by atoms with Crippen LogP contribution in [0.25, 0.3) is 10.9 Å². The third kappa shape index (κ3) is 4.21. The summed E-state index contributed by atoms with van der Waals surface area (Å²) in [6, 6.07) is 6.77. The quantitative estimate of drug-likeness (QED) is 0.731. The number of benzene rings is 1. The van der Waals surface area contributed by atoms with Crippen LogP contribution in [0.15, 0.2) is 24.5 Å². The number of fused-ring (bicyclic) bond motifs is 1. The number of carbonyl (C=O) groups excluding carboxylic acids is 1. The minimum absolute atomic E-state index is 0.294. The molecule has 2 aliphatic heterocycles. The van der Waals surface area contributed by atoms with Crippen molar-refractivity contribution in [2.24, 2.45) is 5.92 Å². The van der Waals surface area contributed by atoms with Gasteiger partial charge in [0.2, 0.25) is 11.8 Å². The maximum Gasteiger partial charge on any atom is 0.224 e. The molecular weight excluding hydrogens is 378 g/mol. The van der Waals surface area contributed by atoms with E-state index in [1.807, 2.05) is 11.9 Å². The zero-order valence-electron chi connectivity index (χ0n) is 17.8. The van der Waals surface area contributed by atoms with Crippen LogP contribution in [-0.4, -0.2) is 78.1 Å². The molecule has 160 valence electrons. The Balaban J connectivity index is 1.23. The number of aromatic nitrogens is 2. The maximum absolute atomic E-state index is 12.0. The SMILES string of the molecule is CN1C(=O)CCCC1CN1CCN(c2ccc3ncnc(OCC4CC4)c3c2)CC1. The molecule has 30 heavy (non-hydrogen) atoms. The molecule has 3 heterocycles. The normalized spacial score (nSPS) is 23.2. The summed E-state index contributed by atoms with van der Waals surface area (Å²) in [5, 5.41) is 1.00. The molecule has 1 aromatic heterocycles. The van der Waals surface area contributed by atoms with Gasteiger partial charge in [0.25, 0.3) is 0 Å². The van der Waals surface area contributed by atoms with Crippen LogP contribution >= 0.6 is 0 Å². The Kier molecular flexibility index (Phi) is 5.46. The van der Waals surface area contributed by atoms with E-state index in [2.05, 4.69) is 38.0 Å². The molecular formula is C23H31N5O2. The van der Waals surface area contributed by atoms with E-state index in [4.69, 9.17) is 4.74 Å². The van der Waals surface area contributed by atoms with Gasteiger partial charge < -0.3 is 14.5 Å². The highest BCUT2D eigenvalue weighted by atomic mass is 16.5. The Morgan fingerprint density at radius 1 is 1.10 bits per heavy atom. The van der Waals surface area contributed by atoms with E-state index < -0.39 is 0 Å². The van der Waals surface area contributed by atoms with E-state index in [9.17, 15) is 4.79 Å². The molecule has 3 fully saturated rings. The Bertz CT molecular complexity index is 908. The molecule has 2 aromatic rings. The summed E-state index contributed by atoms with van der Waals surface area (Å²) in [6.07, 6.45) is 6.98. The molecule has 1 aromatic carbocycles. The molecule has 2 saturated heterocycles. The standard InChI is InChI=1S/C23H31N5O2/c1-26-19(3-2-4-22(26)29)14-27-9-11-28(12-10-27)18-7-8-21-20(13-18)23(25-16-24-21)30-15-17-5-6-17/h7-8,13,16-17,19H,2-6,9-12,14-15H2,1H3. The zero-order chi connectivity index (χ0) is 20.5. The maximum atomic E-state index is 12.0. The largest absolute Gasteiger partial charge is 0.477 e. The summed E-state index contributed by atoms with van der Waals surface area (Å²) in [5.41, 5.74) is 2.14. The highest BCUT2D eigenvalue weighted by Gasteiger charge is 2.28. The van der Waals surface area contributed by atoms with Crippen molar-refractivity contribution in [1.82, 2.24) is 19.8 Å². The van der Waals surface area contributed by atoms with Gasteiger partial charge in [-0.3, -0.25) is 9.69 Å². The summed E-state index contributed by atoms with van der Waals surface area (Å²) in [6.45, 7) is 5.76. The fourth-order valence-corrected chi connectivity index (χ4v) is 4.58. The van der Waals surface area contributed by atoms with Crippen molar-refractivity contribution in [3.8, 4) is 5.88 Å². The molecule has 0 radical (unpaired) electrons. The number of piperazine rings is 1. The zero-order valence-corrected chi connectivity index (χ0v) is 17.8. The molecule has 0 N–H and O–H groups in total. The van der Waals surface area contributed by atoms with Crippen LogP contribution in [0.2, 0.25) is 0 Å². The number of likely N-dealkylation sites (tertiary alicyclic amines) is 1. The smallest absolute Gasteiger partial charge is 0.224 e. The minimum Gasteiger partial charge on any atom is -0.477 e. The third-order valence-electron chi connectivity index (χ3n) is 6.81. The Morgan fingerprint density at radius 2 is 1.93 bits per heavy atom. The van der Waals surface area contributed by atoms with Crippen molar-refractivity contribution < 1.29 is 9.53 Å². The van der Waals surface area contributed by atoms with E-state index in [0.717, 1.165) is 63.1 Å². The second-order valence-corrected chi connectivity index (χ2v) is 8.97. The summed E-state index contributed by atoms with van der Waals surface area (Å²) in [4.78, 5) is 27.7. The molecule has 1 saturated carbocycles. The lowest BCUT2D eigenvalue weighted by molar-refractivity contribution is -0.135. The predicted molar refractivity (Wildman–Crippen MR) is 117 cm³/mol. The number of carbonyl (C=O) groups is 1.